The summed E-state index contributed by atoms with van der Waals surface area (Å²) in [6.45, 7) is 1.94. The zero-order valence-electron chi connectivity index (χ0n) is 7.78. The van der Waals surface area contributed by atoms with Crippen LogP contribution in [0.5, 0.6) is 0 Å². The largest absolute Gasteiger partial charge is 0.384 e. The maximum absolute atomic E-state index is 10.1. The van der Waals surface area contributed by atoms with Crippen molar-refractivity contribution in [2.24, 2.45) is 0 Å². The summed E-state index contributed by atoms with van der Waals surface area (Å²) in [7, 11) is 1.68. The van der Waals surface area contributed by atoms with Crippen molar-refractivity contribution in [1.82, 2.24) is 4.37 Å². The van der Waals surface area contributed by atoms with Gasteiger partial charge in [0.2, 0.25) is 0 Å². The van der Waals surface area contributed by atoms with E-state index < -0.39 is 5.60 Å². The predicted molar refractivity (Wildman–Crippen MR) is 50.8 cm³/mol. The molecule has 1 aromatic heterocycles. The fourth-order valence-electron chi connectivity index (χ4n) is 1.64. The van der Waals surface area contributed by atoms with E-state index in [9.17, 15) is 5.11 Å². The molecule has 0 spiro atoms. The Balaban J connectivity index is 2.10. The number of ether oxygens (including phenoxy) is 1. The van der Waals surface area contributed by atoms with Crippen molar-refractivity contribution < 1.29 is 9.84 Å². The summed E-state index contributed by atoms with van der Waals surface area (Å²) in [4.78, 5) is 0.971. The van der Waals surface area contributed by atoms with Crippen LogP contribution < -0.4 is 0 Å². The third kappa shape index (κ3) is 1.49. The number of nitrogens with zero attached hydrogens (tertiary/aromatic N) is 1. The van der Waals surface area contributed by atoms with E-state index in [1.54, 1.807) is 7.11 Å². The maximum Gasteiger partial charge on any atom is 0.105 e. The minimum atomic E-state index is -0.660. The monoisotopic (exact) mass is 199 g/mol. The third-order valence-corrected chi connectivity index (χ3v) is 3.62. The number of rotatable bonds is 2. The number of aryl methyl sites for hydroxylation is 1. The zero-order valence-corrected chi connectivity index (χ0v) is 8.60. The van der Waals surface area contributed by atoms with Crippen LogP contribution in [0.25, 0.3) is 0 Å². The molecule has 1 aromatic rings. The fraction of sp³-hybridized carbons (Fsp3) is 0.667. The van der Waals surface area contributed by atoms with Gasteiger partial charge in [0.05, 0.1) is 16.7 Å². The molecule has 1 N–H and O–H groups in total. The van der Waals surface area contributed by atoms with E-state index in [1.165, 1.54) is 11.5 Å². The van der Waals surface area contributed by atoms with Crippen molar-refractivity contribution in [2.45, 2.75) is 31.5 Å². The van der Waals surface area contributed by atoms with Crippen LogP contribution in [-0.4, -0.2) is 22.7 Å². The molecule has 0 radical (unpaired) electrons. The second-order valence-corrected chi connectivity index (χ2v) is 4.44. The van der Waals surface area contributed by atoms with Gasteiger partial charge in [0, 0.05) is 20.0 Å². The lowest BCUT2D eigenvalue weighted by molar-refractivity contribution is -0.131. The first-order chi connectivity index (χ1) is 6.14. The van der Waals surface area contributed by atoms with Crippen molar-refractivity contribution in [3.63, 3.8) is 0 Å². The minimum absolute atomic E-state index is 0.215. The lowest BCUT2D eigenvalue weighted by Crippen LogP contribution is -2.44. The molecule has 13 heavy (non-hydrogen) atoms. The Morgan fingerprint density at radius 1 is 1.69 bits per heavy atom. The van der Waals surface area contributed by atoms with Gasteiger partial charge < -0.3 is 9.84 Å². The van der Waals surface area contributed by atoms with Gasteiger partial charge in [0.1, 0.15) is 5.60 Å². The lowest BCUT2D eigenvalue weighted by atomic mass is 9.76. The van der Waals surface area contributed by atoms with E-state index in [0.29, 0.717) is 12.8 Å². The Kier molecular flexibility index (Phi) is 2.14. The predicted octanol–water partition coefficient (Wildman–Crippen LogP) is 1.45. The number of methoxy groups -OCH3 is 1. The molecule has 72 valence electrons. The van der Waals surface area contributed by atoms with Crippen LogP contribution in [0.3, 0.4) is 0 Å². The van der Waals surface area contributed by atoms with Crippen LogP contribution in [0.4, 0.5) is 0 Å². The molecule has 1 aliphatic rings. The Morgan fingerprint density at radius 3 is 2.85 bits per heavy atom. The second-order valence-electron chi connectivity index (χ2n) is 3.63. The summed E-state index contributed by atoms with van der Waals surface area (Å²) in [6.07, 6.45) is 1.61. The first-order valence-corrected chi connectivity index (χ1v) is 5.10. The van der Waals surface area contributed by atoms with Crippen molar-refractivity contribution in [3.05, 3.63) is 16.6 Å². The molecule has 0 unspecified atom stereocenters. The van der Waals surface area contributed by atoms with Crippen LogP contribution in [0.2, 0.25) is 0 Å². The Morgan fingerprint density at radius 2 is 2.38 bits per heavy atom. The highest BCUT2D eigenvalue weighted by molar-refractivity contribution is 7.06. The Labute approximate surface area is 81.5 Å². The van der Waals surface area contributed by atoms with Crippen LogP contribution in [0.15, 0.2) is 6.07 Å². The SMILES string of the molecule is COC1CC(O)(c2cc(C)ns2)C1. The summed E-state index contributed by atoms with van der Waals surface area (Å²) in [6, 6.07) is 1.95. The molecule has 3 nitrogen and oxygen atoms in total. The van der Waals surface area contributed by atoms with Gasteiger partial charge in [0.15, 0.2) is 0 Å². The van der Waals surface area contributed by atoms with Gasteiger partial charge in [-0.1, -0.05) is 0 Å². The van der Waals surface area contributed by atoms with E-state index in [2.05, 4.69) is 4.37 Å². The van der Waals surface area contributed by atoms with Gasteiger partial charge in [-0.2, -0.15) is 4.37 Å². The highest BCUT2D eigenvalue weighted by Gasteiger charge is 2.45. The summed E-state index contributed by atoms with van der Waals surface area (Å²) < 4.78 is 9.29. The van der Waals surface area contributed by atoms with Gasteiger partial charge in [-0.25, -0.2) is 0 Å². The topological polar surface area (TPSA) is 42.4 Å². The molecule has 0 aromatic carbocycles. The van der Waals surface area contributed by atoms with Crippen molar-refractivity contribution in [2.75, 3.05) is 7.11 Å². The first kappa shape index (κ1) is 9.12. The van der Waals surface area contributed by atoms with Gasteiger partial charge in [-0.3, -0.25) is 0 Å². The standard InChI is InChI=1S/C9H13NO2S/c1-6-3-8(13-10-6)9(11)4-7(5-9)12-2/h3,7,11H,4-5H2,1-2H3. The van der Waals surface area contributed by atoms with Crippen molar-refractivity contribution >= 4 is 11.5 Å². The molecule has 0 amide bonds. The van der Waals surface area contributed by atoms with E-state index in [4.69, 9.17) is 4.74 Å². The highest BCUT2D eigenvalue weighted by atomic mass is 32.1. The summed E-state index contributed by atoms with van der Waals surface area (Å²) in [5.41, 5.74) is 0.321. The molecule has 1 heterocycles. The molecule has 2 rings (SSSR count). The van der Waals surface area contributed by atoms with E-state index in [0.717, 1.165) is 10.6 Å². The normalized spacial score (nSPS) is 33.0. The highest BCUT2D eigenvalue weighted by Crippen LogP contribution is 2.44. The van der Waals surface area contributed by atoms with E-state index in [1.807, 2.05) is 13.0 Å². The number of hydrogen-bond acceptors (Lipinski definition) is 4. The summed E-state index contributed by atoms with van der Waals surface area (Å²) in [5.74, 6) is 0. The van der Waals surface area contributed by atoms with Crippen LogP contribution in [0.1, 0.15) is 23.4 Å². The molecule has 0 saturated heterocycles. The molecular weight excluding hydrogens is 186 g/mol. The van der Waals surface area contributed by atoms with Gasteiger partial charge >= 0.3 is 0 Å². The van der Waals surface area contributed by atoms with Gasteiger partial charge in [-0.05, 0) is 24.5 Å². The van der Waals surface area contributed by atoms with Crippen LogP contribution in [-0.2, 0) is 10.3 Å². The molecular formula is C9H13NO2S. The lowest BCUT2D eigenvalue weighted by Gasteiger charge is -2.41. The number of aliphatic hydroxyl groups is 1. The number of hydrogen-bond donors (Lipinski definition) is 1. The second kappa shape index (κ2) is 3.04. The minimum Gasteiger partial charge on any atom is -0.384 e. The van der Waals surface area contributed by atoms with Crippen molar-refractivity contribution in [1.29, 1.82) is 0 Å². The first-order valence-electron chi connectivity index (χ1n) is 4.33. The molecule has 1 saturated carbocycles. The smallest absolute Gasteiger partial charge is 0.105 e. The van der Waals surface area contributed by atoms with Crippen LogP contribution >= 0.6 is 11.5 Å². The molecule has 1 fully saturated rings. The summed E-state index contributed by atoms with van der Waals surface area (Å²) >= 11 is 1.39. The molecule has 1 aliphatic carbocycles. The maximum atomic E-state index is 10.1. The van der Waals surface area contributed by atoms with Gasteiger partial charge in [0.25, 0.3) is 0 Å². The average molecular weight is 199 g/mol. The van der Waals surface area contributed by atoms with E-state index in [-0.39, 0.29) is 6.10 Å². The quantitative estimate of drug-likeness (QED) is 0.784. The number of aromatic nitrogens is 1. The third-order valence-electron chi connectivity index (χ3n) is 2.55. The molecule has 0 aliphatic heterocycles. The summed E-state index contributed by atoms with van der Waals surface area (Å²) in [5, 5.41) is 10.1. The fourth-order valence-corrected chi connectivity index (χ4v) is 2.50. The van der Waals surface area contributed by atoms with E-state index >= 15 is 0 Å². The zero-order chi connectivity index (χ0) is 9.47. The van der Waals surface area contributed by atoms with Crippen molar-refractivity contribution in [3.8, 4) is 0 Å². The molecule has 0 atom stereocenters. The molecule has 4 heteroatoms. The average Bonchev–Trinajstić information content (AvgIpc) is 2.46. The Bertz CT molecular complexity index is 304. The Hall–Kier alpha value is -0.450. The van der Waals surface area contributed by atoms with Gasteiger partial charge in [-0.15, -0.1) is 0 Å². The molecule has 0 bridgehead atoms. The van der Waals surface area contributed by atoms with Crippen LogP contribution in [0, 0.1) is 6.92 Å².